The minimum absolute atomic E-state index is 0.939. The van der Waals surface area contributed by atoms with Crippen molar-refractivity contribution >= 4 is 6.21 Å². The van der Waals surface area contributed by atoms with Gasteiger partial charge in [0, 0.05) is 11.1 Å². The van der Waals surface area contributed by atoms with Gasteiger partial charge in [0.15, 0.2) is 12.8 Å². The molecule has 0 unspecified atom stereocenters. The second kappa shape index (κ2) is 5.44. The molecule has 0 heterocycles. The monoisotopic (exact) mass is 224 g/mol. The maximum absolute atomic E-state index is 2.21. The summed E-state index contributed by atoms with van der Waals surface area (Å²) in [4.78, 5) is 0. The Morgan fingerprint density at radius 3 is 2.24 bits per heavy atom. The van der Waals surface area contributed by atoms with Crippen LogP contribution in [0.4, 0.5) is 0 Å². The molecule has 0 bridgehead atoms. The summed E-state index contributed by atoms with van der Waals surface area (Å²) < 4.78 is 2.21. The van der Waals surface area contributed by atoms with Gasteiger partial charge in [0.2, 0.25) is 0 Å². The second-order valence-electron chi connectivity index (χ2n) is 4.44. The summed E-state index contributed by atoms with van der Waals surface area (Å²) in [5, 5.41) is 0. The van der Waals surface area contributed by atoms with E-state index in [4.69, 9.17) is 0 Å². The first-order valence-corrected chi connectivity index (χ1v) is 5.90. The molecule has 0 amide bonds. The Hall–Kier alpha value is -1.89. The van der Waals surface area contributed by atoms with Crippen molar-refractivity contribution in [1.29, 1.82) is 0 Å². The molecule has 0 radical (unpaired) electrons. The Morgan fingerprint density at radius 1 is 0.941 bits per heavy atom. The summed E-state index contributed by atoms with van der Waals surface area (Å²) in [5.41, 5.74) is 3.88. The summed E-state index contributed by atoms with van der Waals surface area (Å²) in [6.07, 6.45) is 2.17. The normalized spacial score (nSPS) is 11.5. The number of rotatable bonds is 3. The van der Waals surface area contributed by atoms with E-state index in [9.17, 15) is 0 Å². The highest BCUT2D eigenvalue weighted by Gasteiger charge is 1.99. The number of hydrogen-bond acceptors (Lipinski definition) is 0. The van der Waals surface area contributed by atoms with E-state index in [0.717, 1.165) is 6.54 Å². The largest absolute Gasteiger partial charge is 0.234 e. The molecule has 86 valence electrons. The first kappa shape index (κ1) is 11.6. The van der Waals surface area contributed by atoms with Crippen molar-refractivity contribution in [1.82, 2.24) is 0 Å². The van der Waals surface area contributed by atoms with E-state index in [1.165, 1.54) is 16.7 Å². The van der Waals surface area contributed by atoms with E-state index in [1.54, 1.807) is 0 Å². The minimum Gasteiger partial charge on any atom is -0.234 e. The average Bonchev–Trinajstić information content (AvgIpc) is 2.33. The van der Waals surface area contributed by atoms with E-state index in [1.807, 2.05) is 6.07 Å². The van der Waals surface area contributed by atoms with Crippen LogP contribution in [0.2, 0.25) is 0 Å². The molecule has 0 aliphatic rings. The molecular formula is C16H18N+. The maximum atomic E-state index is 2.21. The van der Waals surface area contributed by atoms with Gasteiger partial charge in [-0.25, -0.2) is 4.58 Å². The van der Waals surface area contributed by atoms with Crippen molar-refractivity contribution in [3.8, 4) is 0 Å². The average molecular weight is 224 g/mol. The molecular weight excluding hydrogens is 206 g/mol. The molecule has 0 saturated carbocycles. The van der Waals surface area contributed by atoms with Crippen LogP contribution in [0.25, 0.3) is 0 Å². The quantitative estimate of drug-likeness (QED) is 0.556. The summed E-state index contributed by atoms with van der Waals surface area (Å²) in [5.74, 6) is 0. The molecule has 0 aliphatic carbocycles. The fraction of sp³-hybridized carbons (Fsp3) is 0.188. The van der Waals surface area contributed by atoms with Gasteiger partial charge in [0.05, 0.1) is 0 Å². The van der Waals surface area contributed by atoms with Crippen molar-refractivity contribution in [2.75, 3.05) is 7.05 Å². The van der Waals surface area contributed by atoms with Gasteiger partial charge in [-0.15, -0.1) is 0 Å². The van der Waals surface area contributed by atoms with Gasteiger partial charge in [0.1, 0.15) is 7.05 Å². The fourth-order valence-corrected chi connectivity index (χ4v) is 1.82. The molecule has 2 rings (SSSR count). The van der Waals surface area contributed by atoms with Crippen molar-refractivity contribution in [3.63, 3.8) is 0 Å². The van der Waals surface area contributed by atoms with Gasteiger partial charge in [-0.05, 0) is 19.1 Å². The number of hydrogen-bond donors (Lipinski definition) is 0. The molecule has 0 N–H and O–H groups in total. The number of benzene rings is 2. The molecule has 2 aromatic rings. The Morgan fingerprint density at radius 2 is 1.59 bits per heavy atom. The Balaban J connectivity index is 2.09. The Labute approximate surface area is 103 Å². The van der Waals surface area contributed by atoms with Gasteiger partial charge in [-0.1, -0.05) is 48.0 Å². The SMILES string of the molecule is Cc1ccc(C=[N+](C)Cc2ccccc2)cc1. The van der Waals surface area contributed by atoms with E-state index >= 15 is 0 Å². The number of nitrogens with zero attached hydrogens (tertiary/aromatic N) is 1. The lowest BCUT2D eigenvalue weighted by Gasteiger charge is -1.98. The molecule has 17 heavy (non-hydrogen) atoms. The fourth-order valence-electron chi connectivity index (χ4n) is 1.82. The molecule has 0 aliphatic heterocycles. The molecule has 0 spiro atoms. The van der Waals surface area contributed by atoms with Gasteiger partial charge in [-0.2, -0.15) is 0 Å². The maximum Gasteiger partial charge on any atom is 0.170 e. The summed E-state index contributed by atoms with van der Waals surface area (Å²) in [6.45, 7) is 3.05. The van der Waals surface area contributed by atoms with Crippen molar-refractivity contribution in [2.45, 2.75) is 13.5 Å². The lowest BCUT2D eigenvalue weighted by Crippen LogP contribution is -2.07. The zero-order chi connectivity index (χ0) is 12.1. The topological polar surface area (TPSA) is 3.01 Å². The predicted octanol–water partition coefficient (Wildman–Crippen LogP) is 3.26. The zero-order valence-electron chi connectivity index (χ0n) is 10.4. The molecule has 1 nitrogen and oxygen atoms in total. The van der Waals surface area contributed by atoms with Crippen LogP contribution in [0.15, 0.2) is 54.6 Å². The van der Waals surface area contributed by atoms with Crippen LogP contribution in [0.5, 0.6) is 0 Å². The highest BCUT2D eigenvalue weighted by atomic mass is 14.9. The lowest BCUT2D eigenvalue weighted by molar-refractivity contribution is -0.508. The standard InChI is InChI=1S/C16H18N/c1-14-8-10-16(11-9-14)13-17(2)12-15-6-4-3-5-7-15/h3-11,13H,12H2,1-2H3/q+1. The summed E-state index contributed by atoms with van der Waals surface area (Å²) >= 11 is 0. The van der Waals surface area contributed by atoms with Gasteiger partial charge < -0.3 is 0 Å². The molecule has 0 atom stereocenters. The van der Waals surface area contributed by atoms with Crippen LogP contribution >= 0.6 is 0 Å². The lowest BCUT2D eigenvalue weighted by atomic mass is 10.1. The molecule has 0 saturated heterocycles. The highest BCUT2D eigenvalue weighted by molar-refractivity contribution is 5.75. The summed E-state index contributed by atoms with van der Waals surface area (Å²) in [6, 6.07) is 19.1. The van der Waals surface area contributed by atoms with E-state index in [2.05, 4.69) is 73.3 Å². The van der Waals surface area contributed by atoms with E-state index in [0.29, 0.717) is 0 Å². The first-order chi connectivity index (χ1) is 8.24. The molecule has 2 aromatic carbocycles. The van der Waals surface area contributed by atoms with Crippen LogP contribution in [0.1, 0.15) is 16.7 Å². The third kappa shape index (κ3) is 3.56. The van der Waals surface area contributed by atoms with Gasteiger partial charge in [-0.3, -0.25) is 0 Å². The van der Waals surface area contributed by atoms with Crippen LogP contribution in [-0.2, 0) is 6.54 Å². The predicted molar refractivity (Wildman–Crippen MR) is 72.7 cm³/mol. The molecule has 0 fully saturated rings. The van der Waals surface area contributed by atoms with Gasteiger partial charge >= 0.3 is 0 Å². The van der Waals surface area contributed by atoms with Crippen molar-refractivity contribution in [2.24, 2.45) is 0 Å². The first-order valence-electron chi connectivity index (χ1n) is 5.90. The minimum atomic E-state index is 0.939. The molecule has 1 heteroatoms. The smallest absolute Gasteiger partial charge is 0.170 e. The Kier molecular flexibility index (Phi) is 3.71. The third-order valence-electron chi connectivity index (χ3n) is 2.72. The van der Waals surface area contributed by atoms with Crippen molar-refractivity contribution < 1.29 is 4.58 Å². The van der Waals surface area contributed by atoms with E-state index in [-0.39, 0.29) is 0 Å². The van der Waals surface area contributed by atoms with Crippen molar-refractivity contribution in [3.05, 3.63) is 71.3 Å². The van der Waals surface area contributed by atoms with E-state index < -0.39 is 0 Å². The Bertz CT molecular complexity index is 495. The summed E-state index contributed by atoms with van der Waals surface area (Å²) in [7, 11) is 2.10. The molecule has 0 aromatic heterocycles. The zero-order valence-corrected chi connectivity index (χ0v) is 10.4. The highest BCUT2D eigenvalue weighted by Crippen LogP contribution is 2.02. The van der Waals surface area contributed by atoms with Crippen LogP contribution < -0.4 is 0 Å². The second-order valence-corrected chi connectivity index (χ2v) is 4.44. The number of aryl methyl sites for hydroxylation is 1. The third-order valence-corrected chi connectivity index (χ3v) is 2.72. The van der Waals surface area contributed by atoms with Crippen LogP contribution in [-0.4, -0.2) is 17.8 Å². The van der Waals surface area contributed by atoms with Crippen LogP contribution in [0.3, 0.4) is 0 Å². The van der Waals surface area contributed by atoms with Gasteiger partial charge in [0.25, 0.3) is 0 Å². The van der Waals surface area contributed by atoms with Crippen LogP contribution in [0, 0.1) is 6.92 Å².